The van der Waals surface area contributed by atoms with Crippen LogP contribution in [-0.4, -0.2) is 43.0 Å². The van der Waals surface area contributed by atoms with E-state index in [1.54, 1.807) is 11.3 Å². The van der Waals surface area contributed by atoms with Gasteiger partial charge >= 0.3 is 0 Å². The molecule has 1 aliphatic carbocycles. The lowest BCUT2D eigenvalue weighted by molar-refractivity contribution is -0.122. The molecule has 1 heterocycles. The standard InChI is InChI=1S/C15H25N5OS.HI/c1-3-16-15(18-7-6-13-10-22-11(2)20-13)19-9-8-17-14(21)12-4-5-12;/h10,12H,3-9H2,1-2H3,(H,17,21)(H2,16,18,19);1H. The van der Waals surface area contributed by atoms with E-state index in [2.05, 4.69) is 31.3 Å². The second kappa shape index (κ2) is 10.8. The number of hydrogen-bond donors (Lipinski definition) is 3. The zero-order valence-electron chi connectivity index (χ0n) is 13.7. The first kappa shape index (κ1) is 20.1. The number of guanidine groups is 1. The summed E-state index contributed by atoms with van der Waals surface area (Å²) in [5.41, 5.74) is 1.10. The van der Waals surface area contributed by atoms with E-state index >= 15 is 0 Å². The molecule has 1 aromatic heterocycles. The molecule has 0 bridgehead atoms. The Morgan fingerprint density at radius 3 is 2.70 bits per heavy atom. The van der Waals surface area contributed by atoms with E-state index < -0.39 is 0 Å². The molecular weight excluding hydrogens is 425 g/mol. The van der Waals surface area contributed by atoms with Gasteiger partial charge in [0.05, 0.1) is 10.7 Å². The zero-order chi connectivity index (χ0) is 15.8. The third-order valence-corrected chi connectivity index (χ3v) is 4.14. The quantitative estimate of drug-likeness (QED) is 0.243. The molecule has 0 atom stereocenters. The minimum atomic E-state index is 0. The highest BCUT2D eigenvalue weighted by Gasteiger charge is 2.28. The van der Waals surface area contributed by atoms with Crippen LogP contribution in [-0.2, 0) is 11.2 Å². The molecule has 1 saturated carbocycles. The summed E-state index contributed by atoms with van der Waals surface area (Å²) in [5, 5.41) is 12.5. The largest absolute Gasteiger partial charge is 0.357 e. The van der Waals surface area contributed by atoms with Crippen molar-refractivity contribution in [2.75, 3.05) is 26.2 Å². The number of carbonyl (C=O) groups excluding carboxylic acids is 1. The van der Waals surface area contributed by atoms with Crippen molar-refractivity contribution in [2.24, 2.45) is 10.9 Å². The van der Waals surface area contributed by atoms with Crippen LogP contribution in [0.15, 0.2) is 10.4 Å². The molecule has 2 rings (SSSR count). The summed E-state index contributed by atoms with van der Waals surface area (Å²) < 4.78 is 0. The second-order valence-electron chi connectivity index (χ2n) is 5.36. The number of aryl methyl sites for hydroxylation is 1. The average molecular weight is 451 g/mol. The maximum absolute atomic E-state index is 11.5. The molecule has 0 aliphatic heterocycles. The number of nitrogens with one attached hydrogen (secondary N) is 3. The van der Waals surface area contributed by atoms with Crippen LogP contribution in [0.1, 0.15) is 30.5 Å². The van der Waals surface area contributed by atoms with Gasteiger partial charge in [-0.2, -0.15) is 0 Å². The number of carbonyl (C=O) groups is 1. The summed E-state index contributed by atoms with van der Waals surface area (Å²) in [6.07, 6.45) is 2.93. The van der Waals surface area contributed by atoms with Gasteiger partial charge in [-0.05, 0) is 26.7 Å². The molecule has 1 aliphatic rings. The molecule has 0 unspecified atom stereocenters. The average Bonchev–Trinajstić information content (AvgIpc) is 3.27. The van der Waals surface area contributed by atoms with Crippen LogP contribution in [0, 0.1) is 12.8 Å². The van der Waals surface area contributed by atoms with E-state index in [0.29, 0.717) is 19.6 Å². The maximum Gasteiger partial charge on any atom is 0.223 e. The van der Waals surface area contributed by atoms with Crippen LogP contribution < -0.4 is 16.0 Å². The molecule has 8 heteroatoms. The van der Waals surface area contributed by atoms with Crippen LogP contribution in [0.5, 0.6) is 0 Å². The number of thiazole rings is 1. The van der Waals surface area contributed by atoms with Gasteiger partial charge in [0.25, 0.3) is 0 Å². The molecule has 1 aromatic rings. The fourth-order valence-electron chi connectivity index (χ4n) is 2.00. The Kier molecular flexibility index (Phi) is 9.46. The number of rotatable bonds is 8. The molecule has 0 saturated heterocycles. The second-order valence-corrected chi connectivity index (χ2v) is 6.42. The summed E-state index contributed by atoms with van der Waals surface area (Å²) in [5.74, 6) is 1.24. The molecule has 6 nitrogen and oxygen atoms in total. The number of hydrogen-bond acceptors (Lipinski definition) is 4. The smallest absolute Gasteiger partial charge is 0.223 e. The zero-order valence-corrected chi connectivity index (χ0v) is 16.9. The van der Waals surface area contributed by atoms with Crippen molar-refractivity contribution in [3.05, 3.63) is 16.1 Å². The Morgan fingerprint density at radius 2 is 2.09 bits per heavy atom. The van der Waals surface area contributed by atoms with Crippen LogP contribution in [0.3, 0.4) is 0 Å². The molecule has 1 fully saturated rings. The third-order valence-electron chi connectivity index (χ3n) is 3.31. The molecule has 0 spiro atoms. The third kappa shape index (κ3) is 7.96. The van der Waals surface area contributed by atoms with Crippen molar-refractivity contribution < 1.29 is 4.79 Å². The number of halogens is 1. The van der Waals surface area contributed by atoms with Crippen molar-refractivity contribution in [1.82, 2.24) is 20.9 Å². The van der Waals surface area contributed by atoms with E-state index in [4.69, 9.17) is 0 Å². The first-order valence-electron chi connectivity index (χ1n) is 7.90. The fraction of sp³-hybridized carbons (Fsp3) is 0.667. The van der Waals surface area contributed by atoms with Gasteiger partial charge in [-0.15, -0.1) is 35.3 Å². The highest BCUT2D eigenvalue weighted by atomic mass is 127. The van der Waals surface area contributed by atoms with Crippen molar-refractivity contribution in [3.63, 3.8) is 0 Å². The molecule has 0 aromatic carbocycles. The monoisotopic (exact) mass is 451 g/mol. The summed E-state index contributed by atoms with van der Waals surface area (Å²) in [4.78, 5) is 20.5. The summed E-state index contributed by atoms with van der Waals surface area (Å²) in [6, 6.07) is 0. The SMILES string of the molecule is CCNC(=NCCc1csc(C)n1)NCCNC(=O)C1CC1.I. The van der Waals surface area contributed by atoms with E-state index in [9.17, 15) is 4.79 Å². The first-order chi connectivity index (χ1) is 10.7. The van der Waals surface area contributed by atoms with Crippen molar-refractivity contribution >= 4 is 47.2 Å². The Morgan fingerprint density at radius 1 is 1.35 bits per heavy atom. The number of aliphatic imine (C=N–C) groups is 1. The molecule has 130 valence electrons. The Hall–Kier alpha value is -0.900. The Bertz CT molecular complexity index is 516. The summed E-state index contributed by atoms with van der Waals surface area (Å²) in [6.45, 7) is 6.88. The van der Waals surface area contributed by atoms with E-state index in [0.717, 1.165) is 42.5 Å². The normalized spacial score (nSPS) is 14.1. The lowest BCUT2D eigenvalue weighted by Crippen LogP contribution is -2.41. The van der Waals surface area contributed by atoms with Crippen molar-refractivity contribution in [3.8, 4) is 0 Å². The minimum Gasteiger partial charge on any atom is -0.357 e. The Balaban J connectivity index is 0.00000264. The van der Waals surface area contributed by atoms with Crippen LogP contribution in [0.4, 0.5) is 0 Å². The predicted molar refractivity (Wildman–Crippen MR) is 106 cm³/mol. The van der Waals surface area contributed by atoms with E-state index in [-0.39, 0.29) is 35.8 Å². The van der Waals surface area contributed by atoms with Gasteiger partial charge in [-0.25, -0.2) is 4.98 Å². The van der Waals surface area contributed by atoms with Crippen LogP contribution >= 0.6 is 35.3 Å². The van der Waals surface area contributed by atoms with Crippen molar-refractivity contribution in [1.29, 1.82) is 0 Å². The minimum absolute atomic E-state index is 0. The maximum atomic E-state index is 11.5. The number of nitrogens with zero attached hydrogens (tertiary/aromatic N) is 2. The van der Waals surface area contributed by atoms with Gasteiger partial charge in [-0.1, -0.05) is 0 Å². The molecule has 23 heavy (non-hydrogen) atoms. The first-order valence-corrected chi connectivity index (χ1v) is 8.78. The number of aromatic nitrogens is 1. The lowest BCUT2D eigenvalue weighted by Gasteiger charge is -2.11. The van der Waals surface area contributed by atoms with Gasteiger partial charge < -0.3 is 16.0 Å². The summed E-state index contributed by atoms with van der Waals surface area (Å²) in [7, 11) is 0. The van der Waals surface area contributed by atoms with Crippen LogP contribution in [0.25, 0.3) is 0 Å². The van der Waals surface area contributed by atoms with Gasteiger partial charge in [0.1, 0.15) is 0 Å². The highest BCUT2D eigenvalue weighted by molar-refractivity contribution is 14.0. The van der Waals surface area contributed by atoms with E-state index in [1.807, 2.05) is 13.8 Å². The lowest BCUT2D eigenvalue weighted by atomic mass is 10.3. The molecule has 1 amide bonds. The molecular formula is C15H26IN5OS. The summed E-state index contributed by atoms with van der Waals surface area (Å²) >= 11 is 1.67. The highest BCUT2D eigenvalue weighted by Crippen LogP contribution is 2.28. The Labute approximate surface area is 159 Å². The van der Waals surface area contributed by atoms with Gasteiger partial charge in [0.15, 0.2) is 5.96 Å². The van der Waals surface area contributed by atoms with Gasteiger partial charge in [0.2, 0.25) is 5.91 Å². The number of amides is 1. The fourth-order valence-corrected chi connectivity index (χ4v) is 2.65. The van der Waals surface area contributed by atoms with Gasteiger partial charge in [0, 0.05) is 43.9 Å². The molecule has 0 radical (unpaired) electrons. The van der Waals surface area contributed by atoms with Crippen LogP contribution in [0.2, 0.25) is 0 Å². The van der Waals surface area contributed by atoms with Gasteiger partial charge in [-0.3, -0.25) is 9.79 Å². The molecule has 3 N–H and O–H groups in total. The van der Waals surface area contributed by atoms with Crippen molar-refractivity contribution in [2.45, 2.75) is 33.1 Å². The topological polar surface area (TPSA) is 78.4 Å². The van der Waals surface area contributed by atoms with E-state index in [1.165, 1.54) is 0 Å². The predicted octanol–water partition coefficient (Wildman–Crippen LogP) is 1.69.